The number of hydrogen-bond donors (Lipinski definition) is 6. The van der Waals surface area contributed by atoms with Crippen LogP contribution in [0.15, 0.2) is 21.9 Å². The van der Waals surface area contributed by atoms with E-state index >= 15 is 0 Å². The van der Waals surface area contributed by atoms with Gasteiger partial charge in [-0.1, -0.05) is 0 Å². The van der Waals surface area contributed by atoms with E-state index in [0.717, 1.165) is 0 Å². The van der Waals surface area contributed by atoms with E-state index in [0.29, 0.717) is 12.1 Å². The Bertz CT molecular complexity index is 514. The Morgan fingerprint density at radius 2 is 1.44 bits per heavy atom. The second kappa shape index (κ2) is 3.76. The fourth-order valence-corrected chi connectivity index (χ4v) is 2.18. The van der Waals surface area contributed by atoms with Gasteiger partial charge in [0.1, 0.15) is 15.8 Å². The first kappa shape index (κ1) is 13.0. The highest BCUT2D eigenvalue weighted by molar-refractivity contribution is 8.19. The molecule has 0 bridgehead atoms. The van der Waals surface area contributed by atoms with Gasteiger partial charge < -0.3 is 23.9 Å². The molecular weight excluding hydrogens is 264 g/mol. The third-order valence-corrected chi connectivity index (χ3v) is 3.35. The van der Waals surface area contributed by atoms with Crippen molar-refractivity contribution in [2.75, 3.05) is 0 Å². The standard InChI is InChI=1S/C6H8O8S2/c7-4-1-3(15(9,10)11)2-5(6(4)8)16(12,13)14/h1-2,7-8,12-14H,(H,9,10,11). The summed E-state index contributed by atoms with van der Waals surface area (Å²) in [5, 5.41) is 18.2. The maximum Gasteiger partial charge on any atom is 0.294 e. The van der Waals surface area contributed by atoms with Gasteiger partial charge in [0.2, 0.25) is 0 Å². The summed E-state index contributed by atoms with van der Waals surface area (Å²) < 4.78 is 56.5. The molecule has 1 aromatic carbocycles. The summed E-state index contributed by atoms with van der Waals surface area (Å²) in [7, 11) is -9.14. The summed E-state index contributed by atoms with van der Waals surface area (Å²) in [5.74, 6) is -2.12. The molecule has 6 N–H and O–H groups in total. The Morgan fingerprint density at radius 3 is 1.81 bits per heavy atom. The van der Waals surface area contributed by atoms with Crippen molar-refractivity contribution in [1.29, 1.82) is 0 Å². The monoisotopic (exact) mass is 272 g/mol. The molecule has 0 saturated carbocycles. The van der Waals surface area contributed by atoms with Crippen molar-refractivity contribution in [3.05, 3.63) is 12.1 Å². The molecule has 0 aliphatic heterocycles. The zero-order valence-electron chi connectivity index (χ0n) is 7.47. The van der Waals surface area contributed by atoms with Gasteiger partial charge in [0, 0.05) is 6.07 Å². The molecular formula is C6H8O8S2. The molecule has 0 aliphatic carbocycles. The van der Waals surface area contributed by atoms with Gasteiger partial charge in [0.05, 0.1) is 4.90 Å². The van der Waals surface area contributed by atoms with Crippen LogP contribution in [0, 0.1) is 0 Å². The average Bonchev–Trinajstić information content (AvgIpc) is 2.05. The fraction of sp³-hybridized carbons (Fsp3) is 0. The molecule has 0 fully saturated rings. The molecule has 1 rings (SSSR count). The topological polar surface area (TPSA) is 156 Å². The van der Waals surface area contributed by atoms with Crippen LogP contribution < -0.4 is 0 Å². The van der Waals surface area contributed by atoms with Crippen LogP contribution in [0.25, 0.3) is 0 Å². The summed E-state index contributed by atoms with van der Waals surface area (Å²) >= 11 is 0. The SMILES string of the molecule is O=S(=O)(O)c1cc(O)c(O)c(S(O)(O)O)c1. The van der Waals surface area contributed by atoms with E-state index < -0.39 is 42.3 Å². The molecule has 0 heterocycles. The number of benzene rings is 1. The first-order chi connectivity index (χ1) is 7.03. The minimum Gasteiger partial charge on any atom is -0.504 e. The van der Waals surface area contributed by atoms with Crippen LogP contribution in [-0.4, -0.2) is 36.8 Å². The number of aromatic hydroxyl groups is 2. The maximum atomic E-state index is 10.7. The zero-order valence-corrected chi connectivity index (χ0v) is 9.10. The molecule has 0 radical (unpaired) electrons. The third-order valence-electron chi connectivity index (χ3n) is 1.62. The summed E-state index contributed by atoms with van der Waals surface area (Å²) in [6.45, 7) is 0. The lowest BCUT2D eigenvalue weighted by Gasteiger charge is -2.20. The Hall–Kier alpha value is -1.04. The lowest BCUT2D eigenvalue weighted by atomic mass is 10.3. The van der Waals surface area contributed by atoms with Crippen LogP contribution in [0.4, 0.5) is 0 Å². The summed E-state index contributed by atoms with van der Waals surface area (Å²) in [6, 6.07) is 0.916. The van der Waals surface area contributed by atoms with Crippen LogP contribution in [0.1, 0.15) is 0 Å². The normalized spacial score (nSPS) is 13.8. The van der Waals surface area contributed by atoms with Crippen molar-refractivity contribution in [1.82, 2.24) is 0 Å². The largest absolute Gasteiger partial charge is 0.504 e. The van der Waals surface area contributed by atoms with Gasteiger partial charge in [-0.25, -0.2) is 0 Å². The highest BCUT2D eigenvalue weighted by Gasteiger charge is 2.26. The Kier molecular flexibility index (Phi) is 3.06. The average molecular weight is 272 g/mol. The van der Waals surface area contributed by atoms with Gasteiger partial charge in [-0.15, -0.1) is 0 Å². The molecule has 0 aliphatic rings. The molecule has 8 nitrogen and oxygen atoms in total. The van der Waals surface area contributed by atoms with Crippen molar-refractivity contribution in [3.63, 3.8) is 0 Å². The molecule has 0 aromatic heterocycles. The smallest absolute Gasteiger partial charge is 0.294 e. The van der Waals surface area contributed by atoms with E-state index in [1.54, 1.807) is 0 Å². The van der Waals surface area contributed by atoms with E-state index in [-0.39, 0.29) is 0 Å². The summed E-state index contributed by atoms with van der Waals surface area (Å²) in [4.78, 5) is -1.90. The van der Waals surface area contributed by atoms with Gasteiger partial charge in [0.15, 0.2) is 11.5 Å². The minimum absolute atomic E-state index is 0.430. The van der Waals surface area contributed by atoms with Gasteiger partial charge in [-0.2, -0.15) is 8.42 Å². The van der Waals surface area contributed by atoms with Gasteiger partial charge >= 0.3 is 0 Å². The first-order valence-corrected chi connectivity index (χ1v) is 6.52. The Morgan fingerprint density at radius 1 is 0.938 bits per heavy atom. The van der Waals surface area contributed by atoms with Crippen LogP contribution in [0.2, 0.25) is 0 Å². The van der Waals surface area contributed by atoms with Crippen LogP contribution in [-0.2, 0) is 10.1 Å². The van der Waals surface area contributed by atoms with Crippen molar-refractivity contribution in [2.45, 2.75) is 9.79 Å². The van der Waals surface area contributed by atoms with E-state index in [1.807, 2.05) is 0 Å². The molecule has 0 spiro atoms. The van der Waals surface area contributed by atoms with E-state index in [4.69, 9.17) is 28.4 Å². The predicted octanol–water partition coefficient (Wildman–Crippen LogP) is 0.927. The predicted molar refractivity (Wildman–Crippen MR) is 53.3 cm³/mol. The molecule has 0 atom stereocenters. The molecule has 10 heteroatoms. The van der Waals surface area contributed by atoms with E-state index in [9.17, 15) is 8.42 Å². The molecule has 0 saturated heterocycles. The zero-order chi connectivity index (χ0) is 12.7. The lowest BCUT2D eigenvalue weighted by molar-refractivity contribution is 0.355. The van der Waals surface area contributed by atoms with Crippen LogP contribution in [0.3, 0.4) is 0 Å². The van der Waals surface area contributed by atoms with Crippen molar-refractivity contribution in [2.24, 2.45) is 0 Å². The Balaban J connectivity index is 3.59. The molecule has 0 amide bonds. The second-order valence-electron chi connectivity index (χ2n) is 2.78. The quantitative estimate of drug-likeness (QED) is 0.343. The maximum absolute atomic E-state index is 10.7. The van der Waals surface area contributed by atoms with Crippen molar-refractivity contribution < 1.29 is 36.8 Å². The van der Waals surface area contributed by atoms with Crippen molar-refractivity contribution >= 4 is 21.0 Å². The first-order valence-electron chi connectivity index (χ1n) is 3.57. The number of hydrogen-bond acceptors (Lipinski definition) is 7. The highest BCUT2D eigenvalue weighted by atomic mass is 32.3. The summed E-state index contributed by atoms with van der Waals surface area (Å²) in [5.41, 5.74) is 0. The number of phenols is 2. The molecule has 92 valence electrons. The number of phenolic OH excluding ortho intramolecular Hbond substituents is 2. The second-order valence-corrected chi connectivity index (χ2v) is 5.68. The van der Waals surface area contributed by atoms with Gasteiger partial charge in [-0.3, -0.25) is 4.55 Å². The van der Waals surface area contributed by atoms with Crippen LogP contribution >= 0.6 is 10.9 Å². The fourth-order valence-electron chi connectivity index (χ4n) is 0.926. The van der Waals surface area contributed by atoms with E-state index in [1.165, 1.54) is 0 Å². The molecule has 16 heavy (non-hydrogen) atoms. The van der Waals surface area contributed by atoms with E-state index in [2.05, 4.69) is 0 Å². The number of rotatable bonds is 2. The minimum atomic E-state index is -4.72. The summed E-state index contributed by atoms with van der Waals surface area (Å²) in [6.07, 6.45) is 0. The highest BCUT2D eigenvalue weighted by Crippen LogP contribution is 2.51. The van der Waals surface area contributed by atoms with Crippen molar-refractivity contribution in [3.8, 4) is 11.5 Å². The van der Waals surface area contributed by atoms with Gasteiger partial charge in [0.25, 0.3) is 10.1 Å². The van der Waals surface area contributed by atoms with Gasteiger partial charge in [-0.05, 0) is 6.07 Å². The molecule has 1 aromatic rings. The molecule has 0 unspecified atom stereocenters. The lowest BCUT2D eigenvalue weighted by Crippen LogP contribution is -2.02. The third kappa shape index (κ3) is 2.55. The van der Waals surface area contributed by atoms with Crippen LogP contribution in [0.5, 0.6) is 11.5 Å². The Labute approximate surface area is 91.7 Å².